The van der Waals surface area contributed by atoms with Crippen LogP contribution in [0.3, 0.4) is 0 Å². The average Bonchev–Trinajstić information content (AvgIpc) is 2.68. The highest BCUT2D eigenvalue weighted by Gasteiger charge is 2.15. The van der Waals surface area contributed by atoms with Crippen LogP contribution in [0, 0.1) is 0 Å². The van der Waals surface area contributed by atoms with Crippen molar-refractivity contribution in [3.05, 3.63) is 72.8 Å². The predicted octanol–water partition coefficient (Wildman–Crippen LogP) is -0.0598. The van der Waals surface area contributed by atoms with E-state index in [2.05, 4.69) is 4.98 Å². The van der Waals surface area contributed by atoms with Gasteiger partial charge in [0.15, 0.2) is 23.9 Å². The average molecular weight is 415 g/mol. The van der Waals surface area contributed by atoms with E-state index in [4.69, 9.17) is 9.47 Å². The van der Waals surface area contributed by atoms with Crippen molar-refractivity contribution < 1.29 is 35.8 Å². The van der Waals surface area contributed by atoms with Crippen molar-refractivity contribution in [3.8, 4) is 22.6 Å². The quantitative estimate of drug-likeness (QED) is 0.418. The third kappa shape index (κ3) is 4.46. The summed E-state index contributed by atoms with van der Waals surface area (Å²) < 4.78 is 12.3. The zero-order valence-corrected chi connectivity index (χ0v) is 16.1. The molecule has 0 aliphatic heterocycles. The summed E-state index contributed by atoms with van der Waals surface area (Å²) in [6.45, 7) is 0.256. The van der Waals surface area contributed by atoms with Gasteiger partial charge in [-0.25, -0.2) is 0 Å². The number of hydrogen-bond acceptors (Lipinski definition) is 4. The number of ketones is 1. The van der Waals surface area contributed by atoms with Crippen molar-refractivity contribution in [1.82, 2.24) is 4.98 Å². The number of hydrogen-bond donors (Lipinski definition) is 0. The fourth-order valence-corrected chi connectivity index (χ4v) is 2.57. The SMILES string of the molecule is COc1ccc(C(=O)C[n+]2ccc(-c3ccncc3)cc2)cc1OC.[Br-]. The second kappa shape index (κ2) is 9.10. The zero-order chi connectivity index (χ0) is 17.6. The van der Waals surface area contributed by atoms with Crippen LogP contribution in [0.25, 0.3) is 11.1 Å². The first-order valence-electron chi connectivity index (χ1n) is 7.86. The van der Waals surface area contributed by atoms with Gasteiger partial charge in [0.05, 0.1) is 14.2 Å². The zero-order valence-electron chi connectivity index (χ0n) is 14.6. The number of carbonyl (C=O) groups excluding carboxylic acids is 1. The first-order valence-corrected chi connectivity index (χ1v) is 7.86. The number of Topliss-reactive ketones (excluding diaryl/α,β-unsaturated/α-hetero) is 1. The molecular weight excluding hydrogens is 396 g/mol. The highest BCUT2D eigenvalue weighted by Crippen LogP contribution is 2.27. The van der Waals surface area contributed by atoms with Crippen molar-refractivity contribution in [2.45, 2.75) is 6.54 Å². The van der Waals surface area contributed by atoms with Crippen LogP contribution in [-0.4, -0.2) is 25.0 Å². The van der Waals surface area contributed by atoms with Crippen LogP contribution in [0.2, 0.25) is 0 Å². The fourth-order valence-electron chi connectivity index (χ4n) is 2.57. The molecule has 134 valence electrons. The van der Waals surface area contributed by atoms with E-state index in [0.29, 0.717) is 17.1 Å². The summed E-state index contributed by atoms with van der Waals surface area (Å²) in [6.07, 6.45) is 7.32. The Morgan fingerprint density at radius 3 is 2.15 bits per heavy atom. The molecule has 0 bridgehead atoms. The number of carbonyl (C=O) groups is 1. The van der Waals surface area contributed by atoms with Gasteiger partial charge in [-0.2, -0.15) is 4.57 Å². The second-order valence-corrected chi connectivity index (χ2v) is 5.49. The molecule has 3 aromatic rings. The van der Waals surface area contributed by atoms with Crippen LogP contribution in [-0.2, 0) is 6.54 Å². The molecule has 0 unspecified atom stereocenters. The van der Waals surface area contributed by atoms with Gasteiger partial charge in [0.2, 0.25) is 12.3 Å². The van der Waals surface area contributed by atoms with Crippen molar-refractivity contribution in [3.63, 3.8) is 0 Å². The molecule has 0 saturated carbocycles. The smallest absolute Gasteiger partial charge is 0.227 e. The molecule has 0 fully saturated rings. The normalized spacial score (nSPS) is 9.92. The number of halogens is 1. The molecule has 0 saturated heterocycles. The van der Waals surface area contributed by atoms with E-state index in [1.807, 2.05) is 41.2 Å². The number of rotatable bonds is 6. The Balaban J connectivity index is 0.00000243. The van der Waals surface area contributed by atoms with Crippen molar-refractivity contribution >= 4 is 5.78 Å². The molecule has 0 N–H and O–H groups in total. The van der Waals surface area contributed by atoms with Gasteiger partial charge in [-0.15, -0.1) is 0 Å². The van der Waals surface area contributed by atoms with E-state index < -0.39 is 0 Å². The molecule has 3 rings (SSSR count). The van der Waals surface area contributed by atoms with E-state index >= 15 is 0 Å². The minimum Gasteiger partial charge on any atom is -1.00 e. The monoisotopic (exact) mass is 414 g/mol. The number of pyridine rings is 2. The van der Waals surface area contributed by atoms with Crippen LogP contribution in [0.1, 0.15) is 10.4 Å². The molecule has 26 heavy (non-hydrogen) atoms. The molecule has 5 nitrogen and oxygen atoms in total. The summed E-state index contributed by atoms with van der Waals surface area (Å²) >= 11 is 0. The van der Waals surface area contributed by atoms with Gasteiger partial charge in [-0.3, -0.25) is 9.78 Å². The Bertz CT molecular complexity index is 868. The lowest BCUT2D eigenvalue weighted by atomic mass is 10.1. The second-order valence-electron chi connectivity index (χ2n) is 5.49. The largest absolute Gasteiger partial charge is 1.00 e. The molecule has 0 aliphatic rings. The summed E-state index contributed by atoms with van der Waals surface area (Å²) in [6, 6.07) is 13.1. The molecule has 0 spiro atoms. The molecule has 2 aromatic heterocycles. The number of ether oxygens (including phenoxy) is 2. The Morgan fingerprint density at radius 2 is 1.54 bits per heavy atom. The van der Waals surface area contributed by atoms with Crippen molar-refractivity contribution in [1.29, 1.82) is 0 Å². The number of nitrogens with zero attached hydrogens (tertiary/aromatic N) is 2. The highest BCUT2D eigenvalue weighted by molar-refractivity contribution is 5.95. The first-order chi connectivity index (χ1) is 12.2. The van der Waals surface area contributed by atoms with Gasteiger partial charge in [-0.05, 0) is 41.5 Å². The predicted molar refractivity (Wildman–Crippen MR) is 93.7 cm³/mol. The van der Waals surface area contributed by atoms with Gasteiger partial charge in [0.1, 0.15) is 0 Å². The van der Waals surface area contributed by atoms with E-state index in [0.717, 1.165) is 11.1 Å². The van der Waals surface area contributed by atoms with Crippen molar-refractivity contribution in [2.75, 3.05) is 14.2 Å². The molecule has 1 aromatic carbocycles. The summed E-state index contributed by atoms with van der Waals surface area (Å²) in [5, 5.41) is 0. The Labute approximate surface area is 163 Å². The van der Waals surface area contributed by atoms with Gasteiger partial charge < -0.3 is 26.5 Å². The molecular formula is C20H19BrN2O3. The van der Waals surface area contributed by atoms with Crippen LogP contribution in [0.4, 0.5) is 0 Å². The minimum atomic E-state index is 0. The van der Waals surface area contributed by atoms with E-state index in [1.165, 1.54) is 0 Å². The summed E-state index contributed by atoms with van der Waals surface area (Å²) in [4.78, 5) is 16.5. The Hall–Kier alpha value is -2.73. The maximum Gasteiger partial charge on any atom is 0.227 e. The van der Waals surface area contributed by atoms with Gasteiger partial charge in [0.25, 0.3) is 0 Å². The van der Waals surface area contributed by atoms with Gasteiger partial charge in [-0.1, -0.05) is 0 Å². The lowest BCUT2D eigenvalue weighted by molar-refractivity contribution is -0.683. The lowest BCUT2D eigenvalue weighted by Crippen LogP contribution is -3.00. The van der Waals surface area contributed by atoms with Crippen LogP contribution >= 0.6 is 0 Å². The molecule has 6 heteroatoms. The topological polar surface area (TPSA) is 52.3 Å². The third-order valence-corrected chi connectivity index (χ3v) is 3.94. The van der Waals surface area contributed by atoms with Gasteiger partial charge >= 0.3 is 0 Å². The van der Waals surface area contributed by atoms with E-state index in [1.54, 1.807) is 44.8 Å². The van der Waals surface area contributed by atoms with Crippen LogP contribution in [0.5, 0.6) is 11.5 Å². The van der Waals surface area contributed by atoms with E-state index in [-0.39, 0.29) is 29.3 Å². The number of methoxy groups -OCH3 is 2. The highest BCUT2D eigenvalue weighted by atomic mass is 79.9. The maximum absolute atomic E-state index is 12.5. The Morgan fingerprint density at radius 1 is 0.923 bits per heavy atom. The molecule has 0 atom stereocenters. The standard InChI is InChI=1S/C20H19N2O3.BrH/c1-24-19-4-3-17(13-20(19)25-2)18(23)14-22-11-7-16(8-12-22)15-5-9-21-10-6-15;/h3-13H,14H2,1-2H3;1H/q+1;/p-1. The van der Waals surface area contributed by atoms with Crippen LogP contribution in [0.15, 0.2) is 67.3 Å². The molecule has 2 heterocycles. The van der Waals surface area contributed by atoms with Gasteiger partial charge in [0, 0.05) is 30.1 Å². The summed E-state index contributed by atoms with van der Waals surface area (Å²) in [7, 11) is 3.12. The summed E-state index contributed by atoms with van der Waals surface area (Å²) in [5.74, 6) is 1.16. The molecule has 0 amide bonds. The molecule has 0 radical (unpaired) electrons. The lowest BCUT2D eigenvalue weighted by Gasteiger charge is -2.08. The van der Waals surface area contributed by atoms with Crippen molar-refractivity contribution in [2.24, 2.45) is 0 Å². The third-order valence-electron chi connectivity index (χ3n) is 3.94. The van der Waals surface area contributed by atoms with Crippen LogP contribution < -0.4 is 31.0 Å². The fraction of sp³-hybridized carbons (Fsp3) is 0.150. The summed E-state index contributed by atoms with van der Waals surface area (Å²) in [5.41, 5.74) is 2.76. The number of aromatic nitrogens is 2. The maximum atomic E-state index is 12.5. The Kier molecular flexibility index (Phi) is 6.86. The first kappa shape index (κ1) is 19.6. The minimum absolute atomic E-state index is 0. The van der Waals surface area contributed by atoms with E-state index in [9.17, 15) is 4.79 Å². The number of benzene rings is 1. The molecule has 0 aliphatic carbocycles.